The molecule has 0 aliphatic rings. The summed E-state index contributed by atoms with van der Waals surface area (Å²) in [5.74, 6) is -1.67. The van der Waals surface area contributed by atoms with E-state index in [-0.39, 0.29) is 20.6 Å². The number of aromatic nitrogens is 1. The first-order chi connectivity index (χ1) is 15.5. The highest BCUT2D eigenvalue weighted by atomic mass is 32.2. The first kappa shape index (κ1) is 23.8. The lowest BCUT2D eigenvalue weighted by atomic mass is 10.1. The van der Waals surface area contributed by atoms with Crippen LogP contribution in [0.3, 0.4) is 0 Å². The monoisotopic (exact) mass is 490 g/mol. The van der Waals surface area contributed by atoms with Gasteiger partial charge in [0.05, 0.1) is 15.4 Å². The van der Waals surface area contributed by atoms with Gasteiger partial charge in [0.25, 0.3) is 15.9 Å². The number of hydrogen-bond acceptors (Lipinski definition) is 9. The fourth-order valence-electron chi connectivity index (χ4n) is 2.63. The summed E-state index contributed by atoms with van der Waals surface area (Å²) in [4.78, 5) is 37.9. The maximum atomic E-state index is 12.8. The van der Waals surface area contributed by atoms with Gasteiger partial charge in [0.2, 0.25) is 0 Å². The summed E-state index contributed by atoms with van der Waals surface area (Å²) in [6, 6.07) is 10.8. The Labute approximate surface area is 192 Å². The van der Waals surface area contributed by atoms with Crippen molar-refractivity contribution in [2.45, 2.75) is 18.7 Å². The number of rotatable bonds is 8. The molecule has 11 nitrogen and oxygen atoms in total. The summed E-state index contributed by atoms with van der Waals surface area (Å²) >= 11 is 0.651. The molecule has 13 heteroatoms. The van der Waals surface area contributed by atoms with E-state index in [1.165, 1.54) is 12.1 Å². The highest BCUT2D eigenvalue weighted by Gasteiger charge is 2.21. The zero-order chi connectivity index (χ0) is 24.2. The number of hydrogen-bond donors (Lipinski definition) is 2. The van der Waals surface area contributed by atoms with E-state index in [9.17, 15) is 28.1 Å². The maximum Gasteiger partial charge on any atom is 0.345 e. The highest BCUT2D eigenvalue weighted by Crippen LogP contribution is 2.25. The number of amides is 1. The van der Waals surface area contributed by atoms with Crippen LogP contribution in [-0.4, -0.2) is 36.8 Å². The molecule has 0 saturated carbocycles. The van der Waals surface area contributed by atoms with Gasteiger partial charge in [-0.25, -0.2) is 18.2 Å². The third-order valence-electron chi connectivity index (χ3n) is 4.27. The highest BCUT2D eigenvalue weighted by molar-refractivity contribution is 7.92. The second-order valence-corrected chi connectivity index (χ2v) is 9.50. The first-order valence-electron chi connectivity index (χ1n) is 9.32. The molecule has 1 aromatic heterocycles. The Kier molecular flexibility index (Phi) is 7.04. The number of ether oxygens (including phenoxy) is 1. The van der Waals surface area contributed by atoms with E-state index in [1.54, 1.807) is 31.2 Å². The van der Waals surface area contributed by atoms with Crippen LogP contribution < -0.4 is 10.0 Å². The van der Waals surface area contributed by atoms with Crippen molar-refractivity contribution in [3.63, 3.8) is 0 Å². The lowest BCUT2D eigenvalue weighted by molar-refractivity contribution is -0.380. The van der Waals surface area contributed by atoms with Gasteiger partial charge in [0.15, 0.2) is 11.7 Å². The number of nitrogens with one attached hydrogen (secondary N) is 2. The zero-order valence-corrected chi connectivity index (χ0v) is 19.0. The van der Waals surface area contributed by atoms with Gasteiger partial charge in [-0.15, -0.1) is 0 Å². The minimum absolute atomic E-state index is 0.0198. The largest absolute Gasteiger partial charge is 0.452 e. The summed E-state index contributed by atoms with van der Waals surface area (Å²) in [5.41, 5.74) is 1.68. The van der Waals surface area contributed by atoms with Gasteiger partial charge < -0.3 is 4.74 Å². The van der Waals surface area contributed by atoms with E-state index in [4.69, 9.17) is 4.74 Å². The predicted molar refractivity (Wildman–Crippen MR) is 121 cm³/mol. The van der Waals surface area contributed by atoms with Gasteiger partial charge >= 0.3 is 11.0 Å². The van der Waals surface area contributed by atoms with Gasteiger partial charge in [-0.05, 0) is 55.0 Å². The molecule has 0 aliphatic carbocycles. The van der Waals surface area contributed by atoms with Crippen molar-refractivity contribution >= 4 is 49.1 Å². The van der Waals surface area contributed by atoms with Crippen molar-refractivity contribution in [2.24, 2.45) is 0 Å². The quantitative estimate of drug-likeness (QED) is 0.277. The van der Waals surface area contributed by atoms with Gasteiger partial charge in [-0.3, -0.25) is 24.9 Å². The number of thiazole rings is 1. The van der Waals surface area contributed by atoms with Crippen LogP contribution >= 0.6 is 11.3 Å². The van der Waals surface area contributed by atoms with E-state index in [2.05, 4.69) is 15.0 Å². The Hall–Kier alpha value is -3.84. The average molecular weight is 491 g/mol. The molecule has 0 radical (unpaired) electrons. The van der Waals surface area contributed by atoms with Gasteiger partial charge in [0.1, 0.15) is 6.20 Å². The van der Waals surface area contributed by atoms with E-state index in [0.29, 0.717) is 22.6 Å². The molecule has 0 bridgehead atoms. The molecule has 3 rings (SSSR count). The SMILES string of the molecule is Cc1ccc(NS(=O)(=O)c2cc(C(=O)OCC(=O)Nc3ncc([N+](=O)[O-])s3)ccc2C)cc1. The lowest BCUT2D eigenvalue weighted by Crippen LogP contribution is -2.21. The molecule has 1 amide bonds. The molecule has 1 heterocycles. The fraction of sp³-hybridized carbons (Fsp3) is 0.150. The summed E-state index contributed by atoms with van der Waals surface area (Å²) < 4.78 is 33.0. The molecule has 3 aromatic rings. The lowest BCUT2D eigenvalue weighted by Gasteiger charge is -2.12. The number of carbonyl (C=O) groups excluding carboxylic acids is 2. The molecule has 33 heavy (non-hydrogen) atoms. The fourth-order valence-corrected chi connectivity index (χ4v) is 4.60. The number of esters is 1. The molecule has 0 spiro atoms. The molecular formula is C20H18N4O7S2. The second-order valence-electron chi connectivity index (χ2n) is 6.84. The van der Waals surface area contributed by atoms with Crippen LogP contribution in [0.4, 0.5) is 15.8 Å². The molecule has 0 fully saturated rings. The van der Waals surface area contributed by atoms with Crippen LogP contribution in [0.25, 0.3) is 0 Å². The van der Waals surface area contributed by atoms with Gasteiger partial charge in [-0.2, -0.15) is 0 Å². The van der Waals surface area contributed by atoms with Crippen molar-refractivity contribution in [1.29, 1.82) is 0 Å². The minimum Gasteiger partial charge on any atom is -0.452 e. The Balaban J connectivity index is 1.67. The predicted octanol–water partition coefficient (Wildman–Crippen LogP) is 3.26. The van der Waals surface area contributed by atoms with E-state index < -0.39 is 33.4 Å². The molecule has 2 N–H and O–H groups in total. The minimum atomic E-state index is -3.99. The number of nitro groups is 1. The molecular weight excluding hydrogens is 472 g/mol. The Morgan fingerprint density at radius 3 is 2.48 bits per heavy atom. The van der Waals surface area contributed by atoms with Gasteiger partial charge in [-0.1, -0.05) is 23.8 Å². The topological polar surface area (TPSA) is 158 Å². The molecule has 0 unspecified atom stereocenters. The van der Waals surface area contributed by atoms with Crippen molar-refractivity contribution in [3.05, 3.63) is 75.5 Å². The van der Waals surface area contributed by atoms with Crippen molar-refractivity contribution in [3.8, 4) is 0 Å². The Morgan fingerprint density at radius 2 is 1.85 bits per heavy atom. The van der Waals surface area contributed by atoms with Crippen molar-refractivity contribution in [1.82, 2.24) is 4.98 Å². The van der Waals surface area contributed by atoms with Crippen LogP contribution in [0.2, 0.25) is 0 Å². The second kappa shape index (κ2) is 9.75. The summed E-state index contributed by atoms with van der Waals surface area (Å²) in [6.07, 6.45) is 0.991. The number of anilines is 2. The summed E-state index contributed by atoms with van der Waals surface area (Å²) in [7, 11) is -3.99. The standard InChI is InChI=1S/C20H18N4O7S2/c1-12-3-7-15(8-4-12)23-33(29,30)16-9-14(6-5-13(16)2)19(26)31-11-17(25)22-20-21-10-18(32-20)24(27)28/h3-10,23H,11H2,1-2H3,(H,21,22,25). The van der Waals surface area contributed by atoms with E-state index >= 15 is 0 Å². The van der Waals surface area contributed by atoms with Crippen LogP contribution in [0.15, 0.2) is 53.6 Å². The molecule has 0 aliphatic heterocycles. The number of nitrogens with zero attached hydrogens (tertiary/aromatic N) is 2. The smallest absolute Gasteiger partial charge is 0.345 e. The zero-order valence-electron chi connectivity index (χ0n) is 17.4. The normalized spacial score (nSPS) is 11.0. The Bertz CT molecular complexity index is 1320. The molecule has 0 saturated heterocycles. The molecule has 0 atom stereocenters. The third-order valence-corrected chi connectivity index (χ3v) is 6.66. The number of carbonyl (C=O) groups is 2. The van der Waals surface area contributed by atoms with Crippen LogP contribution in [0.1, 0.15) is 21.5 Å². The van der Waals surface area contributed by atoms with Crippen LogP contribution in [0.5, 0.6) is 0 Å². The molecule has 172 valence electrons. The average Bonchev–Trinajstić information content (AvgIpc) is 3.22. The number of sulfonamides is 1. The third kappa shape index (κ3) is 6.11. The van der Waals surface area contributed by atoms with E-state index in [0.717, 1.165) is 17.8 Å². The Morgan fingerprint density at radius 1 is 1.15 bits per heavy atom. The van der Waals surface area contributed by atoms with Gasteiger partial charge in [0, 0.05) is 5.69 Å². The summed E-state index contributed by atoms with van der Waals surface area (Å²) in [5, 5.41) is 12.7. The summed E-state index contributed by atoms with van der Waals surface area (Å²) in [6.45, 7) is 2.77. The van der Waals surface area contributed by atoms with E-state index in [1.807, 2.05) is 6.92 Å². The van der Waals surface area contributed by atoms with Crippen molar-refractivity contribution in [2.75, 3.05) is 16.6 Å². The van der Waals surface area contributed by atoms with Crippen molar-refractivity contribution < 1.29 is 27.7 Å². The van der Waals surface area contributed by atoms with Crippen LogP contribution in [-0.2, 0) is 19.6 Å². The molecule has 2 aromatic carbocycles. The number of benzene rings is 2. The first-order valence-corrected chi connectivity index (χ1v) is 11.6. The number of aryl methyl sites for hydroxylation is 2. The maximum absolute atomic E-state index is 12.8. The van der Waals surface area contributed by atoms with Crippen LogP contribution in [0, 0.1) is 24.0 Å².